The van der Waals surface area contributed by atoms with E-state index < -0.39 is 11.9 Å². The summed E-state index contributed by atoms with van der Waals surface area (Å²) in [6, 6.07) is 12.7. The number of carbonyl (C=O) groups excluding carboxylic acids is 1. The molecule has 0 unspecified atom stereocenters. The molecule has 144 valence electrons. The number of pyridine rings is 1. The van der Waals surface area contributed by atoms with Crippen molar-refractivity contribution in [2.45, 2.75) is 6.18 Å². The van der Waals surface area contributed by atoms with E-state index in [-0.39, 0.29) is 24.1 Å². The van der Waals surface area contributed by atoms with E-state index in [2.05, 4.69) is 20.3 Å². The Morgan fingerprint density at radius 1 is 1.07 bits per heavy atom. The molecular formula is C19H16F3N5O. The number of halogens is 3. The zero-order chi connectivity index (χ0) is 20.1. The predicted octanol–water partition coefficient (Wildman–Crippen LogP) is 3.63. The first kappa shape index (κ1) is 19.3. The van der Waals surface area contributed by atoms with Gasteiger partial charge in [0.15, 0.2) is 11.5 Å². The lowest BCUT2D eigenvalue weighted by Crippen LogP contribution is -2.32. The molecule has 0 bridgehead atoms. The fourth-order valence-electron chi connectivity index (χ4n) is 2.39. The van der Waals surface area contributed by atoms with E-state index in [9.17, 15) is 18.0 Å². The van der Waals surface area contributed by atoms with Crippen LogP contribution in [0, 0.1) is 0 Å². The lowest BCUT2D eigenvalue weighted by molar-refractivity contribution is -0.141. The number of hydrogen-bond donors (Lipinski definition) is 1. The van der Waals surface area contributed by atoms with Gasteiger partial charge in [0, 0.05) is 36.8 Å². The number of nitrogens with one attached hydrogen (secondary N) is 1. The number of benzene rings is 1. The molecule has 0 spiro atoms. The summed E-state index contributed by atoms with van der Waals surface area (Å²) in [4.78, 5) is 25.3. The Labute approximate surface area is 159 Å². The van der Waals surface area contributed by atoms with Gasteiger partial charge in [-0.1, -0.05) is 18.2 Å². The van der Waals surface area contributed by atoms with Gasteiger partial charge in [-0.25, -0.2) is 9.97 Å². The number of amides is 1. The molecule has 1 amide bonds. The van der Waals surface area contributed by atoms with Gasteiger partial charge >= 0.3 is 6.18 Å². The molecule has 0 aliphatic heterocycles. The smallest absolute Gasteiger partial charge is 0.361 e. The van der Waals surface area contributed by atoms with Crippen molar-refractivity contribution >= 4 is 17.4 Å². The molecule has 0 saturated heterocycles. The van der Waals surface area contributed by atoms with Crippen LogP contribution in [0.3, 0.4) is 0 Å². The van der Waals surface area contributed by atoms with Gasteiger partial charge in [-0.05, 0) is 24.3 Å². The van der Waals surface area contributed by atoms with Gasteiger partial charge in [-0.2, -0.15) is 13.2 Å². The van der Waals surface area contributed by atoms with Gasteiger partial charge in [-0.15, -0.1) is 0 Å². The third kappa shape index (κ3) is 4.61. The van der Waals surface area contributed by atoms with Gasteiger partial charge in [0.1, 0.15) is 5.82 Å². The Morgan fingerprint density at radius 2 is 1.75 bits per heavy atom. The van der Waals surface area contributed by atoms with Crippen LogP contribution in [0.4, 0.5) is 24.7 Å². The Balaban J connectivity index is 1.82. The maximum Gasteiger partial charge on any atom is 0.433 e. The molecule has 0 fully saturated rings. The van der Waals surface area contributed by atoms with Crippen LogP contribution in [-0.2, 0) is 11.0 Å². The molecule has 0 aliphatic rings. The fourth-order valence-corrected chi connectivity index (χ4v) is 2.39. The van der Waals surface area contributed by atoms with Gasteiger partial charge in [0.05, 0.1) is 6.54 Å². The van der Waals surface area contributed by atoms with Crippen LogP contribution in [0.2, 0.25) is 0 Å². The van der Waals surface area contributed by atoms with Crippen molar-refractivity contribution in [1.82, 2.24) is 15.0 Å². The second kappa shape index (κ2) is 8.03. The molecule has 6 nitrogen and oxygen atoms in total. The number of anilines is 2. The number of nitrogens with zero attached hydrogens (tertiary/aromatic N) is 4. The number of alkyl halides is 3. The van der Waals surface area contributed by atoms with Crippen molar-refractivity contribution in [3.05, 3.63) is 66.6 Å². The first-order chi connectivity index (χ1) is 13.3. The number of hydrogen-bond acceptors (Lipinski definition) is 5. The normalized spacial score (nSPS) is 11.1. The maximum atomic E-state index is 13.2. The average molecular weight is 387 g/mol. The van der Waals surface area contributed by atoms with Crippen LogP contribution in [0.25, 0.3) is 11.4 Å². The lowest BCUT2D eigenvalue weighted by atomic mass is 10.2. The third-order valence-corrected chi connectivity index (χ3v) is 3.89. The molecule has 1 aromatic carbocycles. The van der Waals surface area contributed by atoms with Crippen LogP contribution < -0.4 is 10.2 Å². The third-order valence-electron chi connectivity index (χ3n) is 3.89. The quantitative estimate of drug-likeness (QED) is 0.724. The van der Waals surface area contributed by atoms with E-state index in [0.29, 0.717) is 11.3 Å². The second-order valence-electron chi connectivity index (χ2n) is 5.84. The summed E-state index contributed by atoms with van der Waals surface area (Å²) in [7, 11) is 1.59. The summed E-state index contributed by atoms with van der Waals surface area (Å²) in [5.74, 6) is -0.531. The van der Waals surface area contributed by atoms with E-state index in [4.69, 9.17) is 0 Å². The van der Waals surface area contributed by atoms with Crippen molar-refractivity contribution in [3.63, 3.8) is 0 Å². The lowest BCUT2D eigenvalue weighted by Gasteiger charge is -2.18. The largest absolute Gasteiger partial charge is 0.433 e. The molecule has 1 N–H and O–H groups in total. The highest BCUT2D eigenvalue weighted by Crippen LogP contribution is 2.30. The maximum absolute atomic E-state index is 13.2. The van der Waals surface area contributed by atoms with E-state index in [0.717, 1.165) is 6.07 Å². The molecule has 2 heterocycles. The first-order valence-corrected chi connectivity index (χ1v) is 8.27. The topological polar surface area (TPSA) is 71.0 Å². The highest BCUT2D eigenvalue weighted by molar-refractivity contribution is 5.95. The Morgan fingerprint density at radius 3 is 2.39 bits per heavy atom. The summed E-state index contributed by atoms with van der Waals surface area (Å²) in [5.41, 5.74) is -0.0389. The van der Waals surface area contributed by atoms with Gasteiger partial charge in [-0.3, -0.25) is 9.78 Å². The van der Waals surface area contributed by atoms with Gasteiger partial charge in [0.25, 0.3) is 0 Å². The standard InChI is InChI=1S/C19H16F3N5O/c1-27(14-5-3-2-4-6-14)17(28)12-24-16-11-15(19(20,21)22)25-18(26-16)13-7-9-23-10-8-13/h2-11H,12H2,1H3,(H,24,25,26). The molecule has 3 aromatic rings. The zero-order valence-corrected chi connectivity index (χ0v) is 14.8. The van der Waals surface area contributed by atoms with E-state index in [1.807, 2.05) is 6.07 Å². The minimum atomic E-state index is -4.65. The summed E-state index contributed by atoms with van der Waals surface area (Å²) >= 11 is 0. The Bertz CT molecular complexity index is 949. The predicted molar refractivity (Wildman–Crippen MR) is 98.6 cm³/mol. The van der Waals surface area contributed by atoms with Gasteiger partial charge < -0.3 is 10.2 Å². The number of aromatic nitrogens is 3. The molecule has 3 rings (SSSR count). The summed E-state index contributed by atoms with van der Waals surface area (Å²) in [6.45, 7) is -0.227. The Kier molecular flexibility index (Phi) is 5.53. The van der Waals surface area contributed by atoms with Crippen LogP contribution in [0.15, 0.2) is 60.9 Å². The highest BCUT2D eigenvalue weighted by Gasteiger charge is 2.34. The molecule has 9 heteroatoms. The molecule has 0 saturated carbocycles. The first-order valence-electron chi connectivity index (χ1n) is 8.27. The number of para-hydroxylation sites is 1. The van der Waals surface area contributed by atoms with Crippen molar-refractivity contribution in [2.75, 3.05) is 23.8 Å². The number of rotatable bonds is 5. The van der Waals surface area contributed by atoms with E-state index >= 15 is 0 Å². The summed E-state index contributed by atoms with van der Waals surface area (Å²) < 4.78 is 39.6. The minimum Gasteiger partial charge on any atom is -0.361 e. The van der Waals surface area contributed by atoms with Crippen LogP contribution in [0.5, 0.6) is 0 Å². The summed E-state index contributed by atoms with van der Waals surface area (Å²) in [5, 5.41) is 2.66. The average Bonchev–Trinajstić information content (AvgIpc) is 2.72. The van der Waals surface area contributed by atoms with Crippen molar-refractivity contribution in [3.8, 4) is 11.4 Å². The van der Waals surface area contributed by atoms with E-state index in [1.54, 1.807) is 31.3 Å². The SMILES string of the molecule is CN(C(=O)CNc1cc(C(F)(F)F)nc(-c2ccncc2)n1)c1ccccc1. The monoisotopic (exact) mass is 387 g/mol. The van der Waals surface area contributed by atoms with Crippen LogP contribution >= 0.6 is 0 Å². The molecule has 0 radical (unpaired) electrons. The van der Waals surface area contributed by atoms with Crippen LogP contribution in [-0.4, -0.2) is 34.5 Å². The molecule has 28 heavy (non-hydrogen) atoms. The van der Waals surface area contributed by atoms with Crippen molar-refractivity contribution in [2.24, 2.45) is 0 Å². The molecule has 0 aliphatic carbocycles. The summed E-state index contributed by atoms with van der Waals surface area (Å²) in [6.07, 6.45) is -1.78. The minimum absolute atomic E-state index is 0.0936. The number of likely N-dealkylation sites (N-methyl/N-ethyl adjacent to an activating group) is 1. The van der Waals surface area contributed by atoms with Crippen molar-refractivity contribution < 1.29 is 18.0 Å². The zero-order valence-electron chi connectivity index (χ0n) is 14.8. The van der Waals surface area contributed by atoms with Gasteiger partial charge in [0.2, 0.25) is 5.91 Å². The van der Waals surface area contributed by atoms with E-state index in [1.165, 1.54) is 29.4 Å². The molecule has 0 atom stereocenters. The highest BCUT2D eigenvalue weighted by atomic mass is 19.4. The van der Waals surface area contributed by atoms with Crippen molar-refractivity contribution in [1.29, 1.82) is 0 Å². The molecular weight excluding hydrogens is 371 g/mol. The Hall–Kier alpha value is -3.49. The fraction of sp³-hybridized carbons (Fsp3) is 0.158. The second-order valence-corrected chi connectivity index (χ2v) is 5.84. The molecule has 2 aromatic heterocycles. The number of carbonyl (C=O) groups is 1. The van der Waals surface area contributed by atoms with Crippen LogP contribution in [0.1, 0.15) is 5.69 Å².